The lowest BCUT2D eigenvalue weighted by Crippen LogP contribution is -2.07. The Bertz CT molecular complexity index is 786. The average Bonchev–Trinajstić information content (AvgIpc) is 3.06. The zero-order chi connectivity index (χ0) is 14.8. The molecule has 0 saturated carbocycles. The average molecular weight is 318 g/mol. The Morgan fingerprint density at radius 1 is 1.33 bits per heavy atom. The van der Waals surface area contributed by atoms with Crippen LogP contribution in [0, 0.1) is 4.77 Å². The van der Waals surface area contributed by atoms with Crippen LogP contribution in [0.5, 0.6) is 5.75 Å². The third-order valence-corrected chi connectivity index (χ3v) is 4.73. The van der Waals surface area contributed by atoms with E-state index in [-0.39, 0.29) is 0 Å². The molecule has 0 bridgehead atoms. The number of nitrogens with one attached hydrogen (secondary N) is 1. The Hall–Kier alpha value is -1.59. The van der Waals surface area contributed by atoms with Crippen molar-refractivity contribution < 1.29 is 4.74 Å². The van der Waals surface area contributed by atoms with Gasteiger partial charge in [0.15, 0.2) is 4.77 Å². The highest BCUT2D eigenvalue weighted by molar-refractivity contribution is 7.71. The van der Waals surface area contributed by atoms with Crippen molar-refractivity contribution in [2.45, 2.75) is 26.3 Å². The normalized spacial score (nSPS) is 12.7. The number of hydrogen-bond donors (Lipinski definition) is 1. The van der Waals surface area contributed by atoms with Crippen LogP contribution in [0.1, 0.15) is 24.8 Å². The molecule has 1 aromatic carbocycles. The number of nitrogens with zero attached hydrogens (tertiary/aromatic N) is 1. The fourth-order valence-corrected chi connectivity index (χ4v) is 3.85. The second-order valence-electron chi connectivity index (χ2n) is 5.02. The van der Waals surface area contributed by atoms with Crippen molar-refractivity contribution in [1.29, 1.82) is 0 Å². The van der Waals surface area contributed by atoms with E-state index >= 15 is 0 Å². The van der Waals surface area contributed by atoms with Crippen LogP contribution in [0.2, 0.25) is 0 Å². The summed E-state index contributed by atoms with van der Waals surface area (Å²) in [6.07, 6.45) is 0.984. The highest BCUT2D eigenvalue weighted by Gasteiger charge is 2.14. The van der Waals surface area contributed by atoms with E-state index in [9.17, 15) is 0 Å². The van der Waals surface area contributed by atoms with Gasteiger partial charge in [0.05, 0.1) is 12.1 Å². The summed E-state index contributed by atoms with van der Waals surface area (Å²) in [5.41, 5.74) is 2.09. The summed E-state index contributed by atoms with van der Waals surface area (Å²) in [4.78, 5) is 4.67. The van der Waals surface area contributed by atoms with E-state index in [0.717, 1.165) is 28.0 Å². The van der Waals surface area contributed by atoms with Gasteiger partial charge in [-0.1, -0.05) is 12.1 Å². The Kier molecular flexibility index (Phi) is 4.12. The van der Waals surface area contributed by atoms with Gasteiger partial charge in [0.2, 0.25) is 0 Å². The number of imidazole rings is 1. The number of benzene rings is 1. The summed E-state index contributed by atoms with van der Waals surface area (Å²) in [6.45, 7) is 4.84. The first-order chi connectivity index (χ1) is 10.2. The van der Waals surface area contributed by atoms with Crippen LogP contribution in [0.25, 0.3) is 11.0 Å². The van der Waals surface area contributed by atoms with E-state index in [1.54, 1.807) is 11.3 Å². The monoisotopic (exact) mass is 318 g/mol. The van der Waals surface area contributed by atoms with E-state index in [1.807, 2.05) is 19.1 Å². The molecular formula is C16H18N2OS2. The maximum Gasteiger partial charge on any atom is 0.178 e. The molecule has 3 nitrogen and oxygen atoms in total. The van der Waals surface area contributed by atoms with Gasteiger partial charge in [-0.05, 0) is 49.6 Å². The molecule has 0 amide bonds. The second kappa shape index (κ2) is 6.03. The molecule has 110 valence electrons. The molecule has 3 aromatic rings. The minimum atomic E-state index is 0.307. The van der Waals surface area contributed by atoms with Gasteiger partial charge < -0.3 is 14.3 Å². The number of aromatic nitrogens is 2. The molecule has 0 fully saturated rings. The first-order valence-corrected chi connectivity index (χ1v) is 8.38. The molecule has 0 aliphatic carbocycles. The molecular weight excluding hydrogens is 300 g/mol. The van der Waals surface area contributed by atoms with Crippen LogP contribution in [-0.2, 0) is 6.42 Å². The SMILES string of the molecule is CCOc1cccc2c1[nH]c(=S)n2C(C)Cc1cccs1. The lowest BCUT2D eigenvalue weighted by molar-refractivity contribution is 0.343. The minimum absolute atomic E-state index is 0.307. The van der Waals surface area contributed by atoms with E-state index in [4.69, 9.17) is 17.0 Å². The van der Waals surface area contributed by atoms with Crippen molar-refractivity contribution in [3.63, 3.8) is 0 Å². The molecule has 0 radical (unpaired) electrons. The molecule has 2 heterocycles. The molecule has 0 aliphatic heterocycles. The number of aromatic amines is 1. The van der Waals surface area contributed by atoms with Crippen LogP contribution < -0.4 is 4.74 Å². The van der Waals surface area contributed by atoms with E-state index in [0.29, 0.717) is 12.6 Å². The predicted octanol–water partition coefficient (Wildman–Crippen LogP) is 4.96. The fraction of sp³-hybridized carbons (Fsp3) is 0.312. The summed E-state index contributed by atoms with van der Waals surface area (Å²) in [5, 5.41) is 2.11. The van der Waals surface area contributed by atoms with Gasteiger partial charge in [0.25, 0.3) is 0 Å². The summed E-state index contributed by atoms with van der Waals surface area (Å²) >= 11 is 7.31. The molecule has 3 rings (SSSR count). The number of rotatable bonds is 5. The number of fused-ring (bicyclic) bond motifs is 1. The van der Waals surface area contributed by atoms with Gasteiger partial charge in [0.1, 0.15) is 11.3 Å². The Morgan fingerprint density at radius 2 is 2.19 bits per heavy atom. The maximum absolute atomic E-state index is 5.68. The number of thiophene rings is 1. The van der Waals surface area contributed by atoms with Crippen molar-refractivity contribution in [3.05, 3.63) is 45.4 Å². The van der Waals surface area contributed by atoms with Crippen molar-refractivity contribution in [2.24, 2.45) is 0 Å². The summed E-state index contributed by atoms with van der Waals surface area (Å²) in [7, 11) is 0. The second-order valence-corrected chi connectivity index (χ2v) is 6.43. The lowest BCUT2D eigenvalue weighted by Gasteiger charge is -2.14. The summed E-state index contributed by atoms with van der Waals surface area (Å²) in [5.74, 6) is 0.864. The lowest BCUT2D eigenvalue weighted by atomic mass is 10.2. The van der Waals surface area contributed by atoms with Crippen molar-refractivity contribution in [3.8, 4) is 5.75 Å². The molecule has 1 N–H and O–H groups in total. The van der Waals surface area contributed by atoms with Gasteiger partial charge in [-0.25, -0.2) is 0 Å². The van der Waals surface area contributed by atoms with Gasteiger partial charge in [-0.2, -0.15) is 0 Å². The van der Waals surface area contributed by atoms with E-state index < -0.39 is 0 Å². The highest BCUT2D eigenvalue weighted by Crippen LogP contribution is 2.29. The molecule has 0 spiro atoms. The van der Waals surface area contributed by atoms with Crippen molar-refractivity contribution in [2.75, 3.05) is 6.61 Å². The fourth-order valence-electron chi connectivity index (χ4n) is 2.65. The van der Waals surface area contributed by atoms with Gasteiger partial charge in [0, 0.05) is 17.3 Å². The third-order valence-electron chi connectivity index (χ3n) is 3.53. The quantitative estimate of drug-likeness (QED) is 0.674. The van der Waals surface area contributed by atoms with Crippen LogP contribution in [-0.4, -0.2) is 16.2 Å². The smallest absolute Gasteiger partial charge is 0.178 e. The van der Waals surface area contributed by atoms with E-state index in [1.165, 1.54) is 4.88 Å². The highest BCUT2D eigenvalue weighted by atomic mass is 32.1. The summed E-state index contributed by atoms with van der Waals surface area (Å²) < 4.78 is 8.62. The molecule has 2 aromatic heterocycles. The third kappa shape index (κ3) is 2.76. The minimum Gasteiger partial charge on any atom is -0.492 e. The van der Waals surface area contributed by atoms with Crippen molar-refractivity contribution >= 4 is 34.6 Å². The molecule has 21 heavy (non-hydrogen) atoms. The number of para-hydroxylation sites is 1. The molecule has 0 saturated heterocycles. The number of hydrogen-bond acceptors (Lipinski definition) is 3. The van der Waals surface area contributed by atoms with Crippen molar-refractivity contribution in [1.82, 2.24) is 9.55 Å². The van der Waals surface area contributed by atoms with Gasteiger partial charge >= 0.3 is 0 Å². The maximum atomic E-state index is 5.68. The topological polar surface area (TPSA) is 29.9 Å². The van der Waals surface area contributed by atoms with Gasteiger partial charge in [-0.15, -0.1) is 11.3 Å². The molecule has 5 heteroatoms. The first kappa shape index (κ1) is 14.4. The predicted molar refractivity (Wildman–Crippen MR) is 91.0 cm³/mol. The standard InChI is InChI=1S/C16H18N2OS2/c1-3-19-14-8-4-7-13-15(14)17-16(20)18(13)11(2)10-12-6-5-9-21-12/h4-9,11H,3,10H2,1-2H3,(H,17,20). The largest absolute Gasteiger partial charge is 0.492 e. The Balaban J connectivity index is 2.04. The molecule has 1 atom stereocenters. The van der Waals surface area contributed by atoms with Gasteiger partial charge in [-0.3, -0.25) is 0 Å². The Labute approximate surface area is 133 Å². The molecule has 0 aliphatic rings. The Morgan fingerprint density at radius 3 is 2.90 bits per heavy atom. The first-order valence-electron chi connectivity index (χ1n) is 7.09. The zero-order valence-corrected chi connectivity index (χ0v) is 13.8. The van der Waals surface area contributed by atoms with E-state index in [2.05, 4.69) is 40.1 Å². The summed E-state index contributed by atoms with van der Waals surface area (Å²) in [6, 6.07) is 10.7. The van der Waals surface area contributed by atoms with Crippen LogP contribution in [0.15, 0.2) is 35.7 Å². The number of ether oxygens (including phenoxy) is 1. The molecule has 1 unspecified atom stereocenters. The number of H-pyrrole nitrogens is 1. The zero-order valence-electron chi connectivity index (χ0n) is 12.1. The van der Waals surface area contributed by atoms with Crippen LogP contribution in [0.3, 0.4) is 0 Å². The van der Waals surface area contributed by atoms with Crippen LogP contribution in [0.4, 0.5) is 0 Å². The van der Waals surface area contributed by atoms with Crippen LogP contribution >= 0.6 is 23.6 Å².